The Kier molecular flexibility index (Phi) is 3.93. The van der Waals surface area contributed by atoms with E-state index in [0.717, 1.165) is 7.11 Å². The van der Waals surface area contributed by atoms with Crippen molar-refractivity contribution in [2.75, 3.05) is 7.11 Å². The number of amides is 1. The van der Waals surface area contributed by atoms with Crippen molar-refractivity contribution in [1.82, 2.24) is 0 Å². The second kappa shape index (κ2) is 6.03. The number of aliphatic hydroxyl groups is 2. The maximum atomic E-state index is 13.5. The number of aliphatic hydroxyl groups excluding tert-OH is 2. The molecule has 6 N–H and O–H groups in total. The van der Waals surface area contributed by atoms with Gasteiger partial charge in [-0.3, -0.25) is 14.4 Å². The van der Waals surface area contributed by atoms with Crippen LogP contribution in [0.25, 0.3) is 10.8 Å². The number of aromatic hydroxyl groups is 2. The van der Waals surface area contributed by atoms with Crippen LogP contribution in [-0.2, 0) is 20.7 Å². The number of ketones is 2. The third kappa shape index (κ3) is 2.19. The number of hydrogen-bond donors (Lipinski definition) is 5. The molecule has 0 spiro atoms. The van der Waals surface area contributed by atoms with Crippen LogP contribution in [0.15, 0.2) is 35.6 Å². The van der Waals surface area contributed by atoms with Crippen LogP contribution in [-0.4, -0.2) is 56.7 Å². The molecule has 2 aliphatic carbocycles. The minimum atomic E-state index is -2.29. The average Bonchev–Trinajstić information content (AvgIpc) is 2.66. The summed E-state index contributed by atoms with van der Waals surface area (Å²) in [5, 5.41) is 42.6. The van der Waals surface area contributed by atoms with Gasteiger partial charge in [0.25, 0.3) is 5.91 Å². The van der Waals surface area contributed by atoms with Crippen LogP contribution in [0.3, 0.4) is 0 Å². The largest absolute Gasteiger partial charge is 0.508 e. The molecule has 0 unspecified atom stereocenters. The summed E-state index contributed by atoms with van der Waals surface area (Å²) in [5.74, 6) is -6.43. The van der Waals surface area contributed by atoms with E-state index in [4.69, 9.17) is 10.5 Å². The second-order valence-electron chi connectivity index (χ2n) is 7.11. The normalized spacial score (nSPS) is 26.4. The van der Waals surface area contributed by atoms with E-state index in [-0.39, 0.29) is 23.1 Å². The molecule has 9 nitrogen and oxygen atoms in total. The summed E-state index contributed by atoms with van der Waals surface area (Å²) in [6.45, 7) is 0. The van der Waals surface area contributed by atoms with Crippen LogP contribution in [0.4, 0.5) is 0 Å². The minimum Gasteiger partial charge on any atom is -0.508 e. The molecule has 150 valence electrons. The lowest BCUT2D eigenvalue weighted by molar-refractivity contribution is -0.140. The molecule has 9 heteroatoms. The Balaban J connectivity index is 2.08. The Hall–Kier alpha value is -3.43. The van der Waals surface area contributed by atoms with E-state index in [9.17, 15) is 34.8 Å². The summed E-state index contributed by atoms with van der Waals surface area (Å²) in [6, 6.07) is 6.05. The highest BCUT2D eigenvalue weighted by molar-refractivity contribution is 6.24. The predicted octanol–water partition coefficient (Wildman–Crippen LogP) is 0.232. The quantitative estimate of drug-likeness (QED) is 0.447. The SMILES string of the molecule is CO[C@]12C(=O)c3c(cc4cccc(O)c4c3O)C[C@H]1[C@@H](O)C(=O)C(C(N)=O)=C2O. The molecule has 3 atom stereocenters. The van der Waals surface area contributed by atoms with Crippen LogP contribution in [0, 0.1) is 5.92 Å². The summed E-state index contributed by atoms with van der Waals surface area (Å²) >= 11 is 0. The highest BCUT2D eigenvalue weighted by Crippen LogP contribution is 2.50. The Bertz CT molecular complexity index is 1150. The van der Waals surface area contributed by atoms with Crippen LogP contribution >= 0.6 is 0 Å². The van der Waals surface area contributed by atoms with E-state index >= 15 is 0 Å². The number of rotatable bonds is 2. The smallest absolute Gasteiger partial charge is 0.255 e. The van der Waals surface area contributed by atoms with Gasteiger partial charge in [-0.05, 0) is 23.4 Å². The van der Waals surface area contributed by atoms with Gasteiger partial charge in [0.15, 0.2) is 5.60 Å². The Morgan fingerprint density at radius 1 is 1.24 bits per heavy atom. The summed E-state index contributed by atoms with van der Waals surface area (Å²) < 4.78 is 5.31. The zero-order chi connectivity index (χ0) is 21.2. The number of methoxy groups -OCH3 is 1. The zero-order valence-electron chi connectivity index (χ0n) is 15.2. The number of hydrogen-bond acceptors (Lipinski definition) is 8. The van der Waals surface area contributed by atoms with Crippen LogP contribution in [0.1, 0.15) is 15.9 Å². The number of primary amides is 1. The summed E-state index contributed by atoms with van der Waals surface area (Å²) in [6.07, 6.45) is -1.97. The van der Waals surface area contributed by atoms with Gasteiger partial charge in [-0.2, -0.15) is 0 Å². The van der Waals surface area contributed by atoms with Gasteiger partial charge < -0.3 is 30.9 Å². The predicted molar refractivity (Wildman–Crippen MR) is 98.4 cm³/mol. The van der Waals surface area contributed by atoms with Crippen molar-refractivity contribution in [3.8, 4) is 11.5 Å². The number of fused-ring (bicyclic) bond motifs is 3. The average molecular weight is 399 g/mol. The third-order valence-electron chi connectivity index (χ3n) is 5.78. The molecule has 0 aromatic heterocycles. The topological polar surface area (TPSA) is 167 Å². The van der Waals surface area contributed by atoms with Gasteiger partial charge >= 0.3 is 0 Å². The van der Waals surface area contributed by atoms with Gasteiger partial charge in [-0.15, -0.1) is 0 Å². The Morgan fingerprint density at radius 2 is 1.93 bits per heavy atom. The van der Waals surface area contributed by atoms with Crippen molar-refractivity contribution in [1.29, 1.82) is 0 Å². The highest BCUT2D eigenvalue weighted by Gasteiger charge is 2.62. The van der Waals surface area contributed by atoms with Crippen molar-refractivity contribution in [2.45, 2.75) is 18.1 Å². The molecule has 0 bridgehead atoms. The van der Waals surface area contributed by atoms with E-state index in [2.05, 4.69) is 0 Å². The van der Waals surface area contributed by atoms with E-state index in [0.29, 0.717) is 10.9 Å². The molecule has 29 heavy (non-hydrogen) atoms. The molecular formula is C20H17NO8. The maximum absolute atomic E-state index is 13.5. The number of carbonyl (C=O) groups excluding carboxylic acids is 3. The Labute approximate surface area is 163 Å². The molecular weight excluding hydrogens is 382 g/mol. The van der Waals surface area contributed by atoms with Gasteiger partial charge in [-0.1, -0.05) is 18.2 Å². The van der Waals surface area contributed by atoms with Crippen molar-refractivity contribution < 1.29 is 39.5 Å². The summed E-state index contributed by atoms with van der Waals surface area (Å²) in [7, 11) is 1.07. The molecule has 2 aromatic rings. The summed E-state index contributed by atoms with van der Waals surface area (Å²) in [5.41, 5.74) is 2.01. The minimum absolute atomic E-state index is 0.0235. The van der Waals surface area contributed by atoms with Crippen LogP contribution < -0.4 is 5.73 Å². The lowest BCUT2D eigenvalue weighted by atomic mass is 9.63. The first-order valence-electron chi connectivity index (χ1n) is 8.69. The lowest BCUT2D eigenvalue weighted by Gasteiger charge is -2.46. The first-order valence-corrected chi connectivity index (χ1v) is 8.69. The summed E-state index contributed by atoms with van der Waals surface area (Å²) in [4.78, 5) is 37.6. The van der Waals surface area contributed by atoms with Crippen LogP contribution in [0.5, 0.6) is 11.5 Å². The van der Waals surface area contributed by atoms with Gasteiger partial charge in [0.05, 0.1) is 10.9 Å². The molecule has 0 saturated heterocycles. The van der Waals surface area contributed by atoms with E-state index in [1.165, 1.54) is 6.07 Å². The van der Waals surface area contributed by atoms with Crippen molar-refractivity contribution in [3.05, 3.63) is 46.7 Å². The highest BCUT2D eigenvalue weighted by atomic mass is 16.5. The molecule has 2 aromatic carbocycles. The van der Waals surface area contributed by atoms with Crippen molar-refractivity contribution >= 4 is 28.2 Å². The standard InChI is InChI=1S/C20H17NO8/c1-29-20-9(14(23)16(25)13(18(20)27)19(21)28)6-8-5-7-3-2-4-10(22)11(7)15(24)12(8)17(20)26/h2-5,9,14,22-24,27H,6H2,1H3,(H2,21,28)/t9-,14+,20-/m0/s1. The third-order valence-corrected chi connectivity index (χ3v) is 5.78. The van der Waals surface area contributed by atoms with E-state index in [1.807, 2.05) is 0 Å². The molecule has 1 amide bonds. The lowest BCUT2D eigenvalue weighted by Crippen LogP contribution is -2.62. The molecule has 0 radical (unpaired) electrons. The number of phenolic OH excluding ortho intramolecular Hbond substituents is 2. The molecule has 2 aliphatic rings. The number of nitrogens with two attached hydrogens (primary N) is 1. The van der Waals surface area contributed by atoms with E-state index in [1.54, 1.807) is 18.2 Å². The first-order chi connectivity index (χ1) is 13.7. The van der Waals surface area contributed by atoms with Gasteiger partial charge in [0.1, 0.15) is 28.9 Å². The number of benzene rings is 2. The molecule has 0 heterocycles. The van der Waals surface area contributed by atoms with E-state index < -0.39 is 52.2 Å². The van der Waals surface area contributed by atoms with Gasteiger partial charge in [0.2, 0.25) is 11.6 Å². The number of Topliss-reactive ketones (excluding diaryl/α,β-unsaturated/α-hetero) is 2. The fourth-order valence-corrected chi connectivity index (χ4v) is 4.45. The number of ether oxygens (including phenoxy) is 1. The molecule has 0 aliphatic heterocycles. The maximum Gasteiger partial charge on any atom is 0.255 e. The fraction of sp³-hybridized carbons (Fsp3) is 0.250. The Morgan fingerprint density at radius 3 is 2.55 bits per heavy atom. The molecule has 0 saturated carbocycles. The zero-order valence-corrected chi connectivity index (χ0v) is 15.2. The molecule has 4 rings (SSSR count). The second-order valence-corrected chi connectivity index (χ2v) is 7.11. The van der Waals surface area contributed by atoms with Crippen LogP contribution in [0.2, 0.25) is 0 Å². The van der Waals surface area contributed by atoms with Crippen molar-refractivity contribution in [3.63, 3.8) is 0 Å². The monoisotopic (exact) mass is 399 g/mol. The molecule has 0 fully saturated rings. The number of carbonyl (C=O) groups is 3. The number of phenols is 2. The van der Waals surface area contributed by atoms with Gasteiger partial charge in [0, 0.05) is 13.0 Å². The first kappa shape index (κ1) is 18.9. The van der Waals surface area contributed by atoms with Gasteiger partial charge in [-0.25, -0.2) is 0 Å². The fourth-order valence-electron chi connectivity index (χ4n) is 4.45. The van der Waals surface area contributed by atoms with Crippen molar-refractivity contribution in [2.24, 2.45) is 11.7 Å².